The molecule has 1 atom stereocenters. The molecule has 0 bridgehead atoms. The van der Waals surface area contributed by atoms with Crippen LogP contribution < -0.4 is 0 Å². The Morgan fingerprint density at radius 1 is 1.05 bits per heavy atom. The lowest BCUT2D eigenvalue weighted by atomic mass is 10.1. The molecule has 1 rings (SSSR count). The molecule has 0 aliphatic heterocycles. The maximum Gasteiger partial charge on any atom is 0.454 e. The fourth-order valence-electron chi connectivity index (χ4n) is 1.44. The molecule has 0 radical (unpaired) electrons. The summed E-state index contributed by atoms with van der Waals surface area (Å²) >= 11 is 0. The molecule has 1 aromatic rings. The normalized spacial score (nSPS) is 15.4. The zero-order chi connectivity index (χ0) is 15.1. The van der Waals surface area contributed by atoms with Crippen LogP contribution in [-0.4, -0.2) is 21.9 Å². The molecule has 0 spiro atoms. The highest BCUT2D eigenvalue weighted by atomic mass is 31.2. The molecule has 2 N–H and O–H groups in total. The van der Waals surface area contributed by atoms with Crippen molar-refractivity contribution in [3.05, 3.63) is 35.6 Å². The second kappa shape index (κ2) is 4.81. The molecule has 19 heavy (non-hydrogen) atoms. The zero-order valence-corrected chi connectivity index (χ0v) is 9.80. The van der Waals surface area contributed by atoms with Gasteiger partial charge in [0.1, 0.15) is 5.82 Å². The first-order chi connectivity index (χ1) is 8.39. The quantitative estimate of drug-likeness (QED) is 0.666. The summed E-state index contributed by atoms with van der Waals surface area (Å²) in [4.78, 5) is 17.4. The highest BCUT2D eigenvalue weighted by Crippen LogP contribution is 2.63. The highest BCUT2D eigenvalue weighted by Gasteiger charge is 2.68. The van der Waals surface area contributed by atoms with E-state index in [4.69, 9.17) is 9.79 Å². The predicted molar refractivity (Wildman–Crippen MR) is 52.2 cm³/mol. The zero-order valence-electron chi connectivity index (χ0n) is 8.90. The first kappa shape index (κ1) is 16.0. The van der Waals surface area contributed by atoms with Gasteiger partial charge in [0.05, 0.1) is 0 Å². The van der Waals surface area contributed by atoms with Gasteiger partial charge in [0.2, 0.25) is 0 Å². The summed E-state index contributed by atoms with van der Waals surface area (Å²) in [7, 11) is -5.95. The van der Waals surface area contributed by atoms with Crippen LogP contribution in [0.1, 0.15) is 11.2 Å². The first-order valence-electron chi connectivity index (χ1n) is 4.63. The molecule has 0 aliphatic carbocycles. The van der Waals surface area contributed by atoms with Crippen molar-refractivity contribution in [2.24, 2.45) is 0 Å². The first-order valence-corrected chi connectivity index (χ1v) is 6.31. The van der Waals surface area contributed by atoms with Gasteiger partial charge < -0.3 is 9.79 Å². The van der Waals surface area contributed by atoms with Gasteiger partial charge in [-0.15, -0.1) is 0 Å². The Hall–Kier alpha value is -1.05. The Labute approximate surface area is 103 Å². The van der Waals surface area contributed by atoms with E-state index in [0.717, 1.165) is 12.1 Å². The Morgan fingerprint density at radius 2 is 1.53 bits per heavy atom. The van der Waals surface area contributed by atoms with Crippen LogP contribution in [0.4, 0.5) is 26.3 Å². The smallest absolute Gasteiger partial charge is 0.324 e. The molecular weight excluding hydrogens is 301 g/mol. The Balaban J connectivity index is 3.50. The van der Waals surface area contributed by atoms with E-state index >= 15 is 0 Å². The van der Waals surface area contributed by atoms with Crippen molar-refractivity contribution in [3.8, 4) is 0 Å². The second-order valence-electron chi connectivity index (χ2n) is 3.63. The van der Waals surface area contributed by atoms with Crippen LogP contribution in [0.15, 0.2) is 24.3 Å². The minimum atomic E-state index is -6.22. The van der Waals surface area contributed by atoms with Crippen molar-refractivity contribution >= 4 is 7.60 Å². The van der Waals surface area contributed by atoms with Gasteiger partial charge in [0.25, 0.3) is 0 Å². The SMILES string of the molecule is O=P(O)(O)C(c1ccccc1F)C(F)(F)C(F)(F)F. The van der Waals surface area contributed by atoms with E-state index in [1.165, 1.54) is 0 Å². The molecule has 0 saturated heterocycles. The van der Waals surface area contributed by atoms with E-state index in [9.17, 15) is 30.9 Å². The average Bonchev–Trinajstić information content (AvgIpc) is 2.17. The van der Waals surface area contributed by atoms with Crippen molar-refractivity contribution in [2.75, 3.05) is 0 Å². The van der Waals surface area contributed by atoms with Gasteiger partial charge in [0, 0.05) is 5.56 Å². The van der Waals surface area contributed by atoms with E-state index in [0.29, 0.717) is 12.1 Å². The van der Waals surface area contributed by atoms with Gasteiger partial charge >= 0.3 is 19.7 Å². The van der Waals surface area contributed by atoms with Crippen molar-refractivity contribution in [2.45, 2.75) is 17.8 Å². The standard InChI is InChI=1S/C9H7F6O3P/c10-6-4-2-1-3-5(6)7(19(16,17)18)8(11,12)9(13,14)15/h1-4,7H,(H2,16,17,18). The summed E-state index contributed by atoms with van der Waals surface area (Å²) < 4.78 is 87.2. The Bertz CT molecular complexity index is 509. The van der Waals surface area contributed by atoms with Crippen LogP contribution in [0.5, 0.6) is 0 Å². The number of hydrogen-bond donors (Lipinski definition) is 2. The molecule has 1 aromatic carbocycles. The Kier molecular flexibility index (Phi) is 4.05. The van der Waals surface area contributed by atoms with Crippen molar-refractivity contribution in [1.82, 2.24) is 0 Å². The van der Waals surface area contributed by atoms with Gasteiger partial charge in [-0.05, 0) is 6.07 Å². The van der Waals surface area contributed by atoms with E-state index in [1.807, 2.05) is 0 Å². The number of alkyl halides is 5. The fraction of sp³-hybridized carbons (Fsp3) is 0.333. The van der Waals surface area contributed by atoms with E-state index < -0.39 is 36.7 Å². The molecule has 10 heteroatoms. The van der Waals surface area contributed by atoms with Gasteiger partial charge in [-0.1, -0.05) is 18.2 Å². The molecule has 0 saturated carbocycles. The van der Waals surface area contributed by atoms with Crippen LogP contribution in [-0.2, 0) is 4.57 Å². The van der Waals surface area contributed by atoms with E-state index in [1.54, 1.807) is 0 Å². The van der Waals surface area contributed by atoms with Crippen LogP contribution >= 0.6 is 7.60 Å². The molecule has 3 nitrogen and oxygen atoms in total. The second-order valence-corrected chi connectivity index (χ2v) is 5.33. The van der Waals surface area contributed by atoms with Gasteiger partial charge in [-0.3, -0.25) is 4.57 Å². The summed E-state index contributed by atoms with van der Waals surface area (Å²) in [5.74, 6) is -7.33. The fourth-order valence-corrected chi connectivity index (χ4v) is 2.58. The monoisotopic (exact) mass is 308 g/mol. The Morgan fingerprint density at radius 3 is 1.89 bits per heavy atom. The topological polar surface area (TPSA) is 57.5 Å². The molecule has 0 fully saturated rings. The van der Waals surface area contributed by atoms with Gasteiger partial charge in [-0.25, -0.2) is 4.39 Å². The summed E-state index contributed by atoms with van der Waals surface area (Å²) in [5.41, 5.74) is -5.01. The third-order valence-corrected chi connectivity index (χ3v) is 3.53. The van der Waals surface area contributed by atoms with E-state index in [-0.39, 0.29) is 0 Å². The molecule has 0 aromatic heterocycles. The molecular formula is C9H7F6O3P. The van der Waals surface area contributed by atoms with Crippen LogP contribution in [0.2, 0.25) is 0 Å². The number of halogens is 6. The van der Waals surface area contributed by atoms with Crippen LogP contribution in [0.25, 0.3) is 0 Å². The summed E-state index contributed by atoms with van der Waals surface area (Å²) in [6, 6.07) is 2.89. The third-order valence-electron chi connectivity index (χ3n) is 2.26. The molecule has 0 heterocycles. The average molecular weight is 308 g/mol. The maximum absolute atomic E-state index is 13.2. The third kappa shape index (κ3) is 3.10. The van der Waals surface area contributed by atoms with Gasteiger partial charge in [-0.2, -0.15) is 22.0 Å². The van der Waals surface area contributed by atoms with Crippen molar-refractivity contribution in [3.63, 3.8) is 0 Å². The predicted octanol–water partition coefficient (Wildman–Crippen LogP) is 3.24. The maximum atomic E-state index is 13.2. The number of rotatable bonds is 3. The lowest BCUT2D eigenvalue weighted by Gasteiger charge is -2.29. The van der Waals surface area contributed by atoms with Crippen molar-refractivity contribution in [1.29, 1.82) is 0 Å². The minimum absolute atomic E-state index is 0.471. The summed E-state index contributed by atoms with van der Waals surface area (Å²) in [5, 5.41) is 0. The largest absolute Gasteiger partial charge is 0.454 e. The number of benzene rings is 1. The lowest BCUT2D eigenvalue weighted by Crippen LogP contribution is -2.42. The molecule has 108 valence electrons. The molecule has 0 amide bonds. The minimum Gasteiger partial charge on any atom is -0.324 e. The summed E-state index contributed by atoms with van der Waals surface area (Å²) in [6.07, 6.45) is -6.22. The van der Waals surface area contributed by atoms with Crippen LogP contribution in [0.3, 0.4) is 0 Å². The highest BCUT2D eigenvalue weighted by molar-refractivity contribution is 7.52. The van der Waals surface area contributed by atoms with E-state index in [2.05, 4.69) is 0 Å². The summed E-state index contributed by atoms with van der Waals surface area (Å²) in [6.45, 7) is 0. The lowest BCUT2D eigenvalue weighted by molar-refractivity contribution is -0.284. The van der Waals surface area contributed by atoms with Crippen molar-refractivity contribution < 1.29 is 40.7 Å². The molecule has 1 unspecified atom stereocenters. The van der Waals surface area contributed by atoms with Crippen LogP contribution in [0, 0.1) is 5.82 Å². The van der Waals surface area contributed by atoms with Gasteiger partial charge in [0.15, 0.2) is 5.66 Å². The molecule has 0 aliphatic rings. The number of hydrogen-bond acceptors (Lipinski definition) is 1.